The fraction of sp³-hybridized carbons (Fsp3) is 0.381. The van der Waals surface area contributed by atoms with Gasteiger partial charge in [-0.15, -0.1) is 0 Å². The van der Waals surface area contributed by atoms with Gasteiger partial charge in [-0.3, -0.25) is 4.79 Å². The molecule has 0 aliphatic carbocycles. The molecule has 0 aliphatic heterocycles. The Balaban J connectivity index is 1.91. The summed E-state index contributed by atoms with van der Waals surface area (Å²) in [6, 6.07) is 16.1. The minimum Gasteiger partial charge on any atom is -0.497 e. The number of benzene rings is 2. The van der Waals surface area contributed by atoms with Crippen LogP contribution in [-0.2, 0) is 16.8 Å². The number of anilines is 1. The number of carbonyl (C=O) groups excluding carboxylic acids is 1. The lowest BCUT2D eigenvalue weighted by molar-refractivity contribution is -0.122. The monoisotopic (exact) mass is 340 g/mol. The van der Waals surface area contributed by atoms with Gasteiger partial charge in [-0.2, -0.15) is 0 Å². The molecule has 134 valence electrons. The van der Waals surface area contributed by atoms with E-state index >= 15 is 0 Å². The Morgan fingerprint density at radius 1 is 1.04 bits per heavy atom. The Hall–Kier alpha value is -2.49. The lowest BCUT2D eigenvalue weighted by Gasteiger charge is -2.27. The first-order chi connectivity index (χ1) is 11.8. The fourth-order valence-corrected chi connectivity index (χ4v) is 2.71. The molecular formula is C21H28N2O2. The number of aryl methyl sites for hydroxylation is 1. The van der Waals surface area contributed by atoms with Gasteiger partial charge in [-0.05, 0) is 55.7 Å². The van der Waals surface area contributed by atoms with Gasteiger partial charge < -0.3 is 15.0 Å². The number of nitrogens with one attached hydrogen (secondary N) is 1. The first-order valence-electron chi connectivity index (χ1n) is 8.53. The first kappa shape index (κ1) is 18.8. The summed E-state index contributed by atoms with van der Waals surface area (Å²) in [5, 5.41) is 3.12. The van der Waals surface area contributed by atoms with Gasteiger partial charge in [-0.1, -0.05) is 24.3 Å². The highest BCUT2D eigenvalue weighted by molar-refractivity contribution is 5.77. The third kappa shape index (κ3) is 5.24. The fourth-order valence-electron chi connectivity index (χ4n) is 2.71. The molecule has 2 rings (SSSR count). The number of methoxy groups -OCH3 is 1. The van der Waals surface area contributed by atoms with Gasteiger partial charge in [0.25, 0.3) is 0 Å². The first-order valence-corrected chi connectivity index (χ1v) is 8.53. The maximum atomic E-state index is 12.4. The highest BCUT2D eigenvalue weighted by Crippen LogP contribution is 2.23. The minimum absolute atomic E-state index is 0.0532. The molecule has 25 heavy (non-hydrogen) atoms. The number of ether oxygens (including phenoxy) is 1. The van der Waals surface area contributed by atoms with E-state index < -0.39 is 5.54 Å². The molecule has 0 unspecified atom stereocenters. The van der Waals surface area contributed by atoms with E-state index in [-0.39, 0.29) is 5.91 Å². The second-order valence-electron chi connectivity index (χ2n) is 6.96. The van der Waals surface area contributed by atoms with Crippen molar-refractivity contribution in [2.45, 2.75) is 32.2 Å². The standard InChI is InChI=1S/C21H28N2O2/c1-21(2,17-9-13-19(25-5)14-10-17)22-20(24)15-8-16-6-11-18(12-7-16)23(3)4/h6-7,9-14H,8,15H2,1-5H3,(H,22,24). The Bertz CT molecular complexity index is 689. The van der Waals surface area contributed by atoms with Crippen LogP contribution in [0.25, 0.3) is 0 Å². The average Bonchev–Trinajstić information content (AvgIpc) is 2.60. The van der Waals surface area contributed by atoms with Crippen LogP contribution in [0.3, 0.4) is 0 Å². The smallest absolute Gasteiger partial charge is 0.221 e. The van der Waals surface area contributed by atoms with Crippen molar-refractivity contribution in [3.63, 3.8) is 0 Å². The molecule has 4 nitrogen and oxygen atoms in total. The van der Waals surface area contributed by atoms with E-state index in [2.05, 4.69) is 34.5 Å². The van der Waals surface area contributed by atoms with Gasteiger partial charge in [0.15, 0.2) is 0 Å². The quantitative estimate of drug-likeness (QED) is 0.835. The van der Waals surface area contributed by atoms with E-state index in [1.807, 2.05) is 52.2 Å². The Kier molecular flexibility index (Phi) is 6.07. The molecule has 0 saturated heterocycles. The van der Waals surface area contributed by atoms with E-state index in [0.717, 1.165) is 23.4 Å². The van der Waals surface area contributed by atoms with Crippen LogP contribution in [0, 0.1) is 0 Å². The van der Waals surface area contributed by atoms with Crippen LogP contribution in [0.5, 0.6) is 5.75 Å². The van der Waals surface area contributed by atoms with E-state index in [9.17, 15) is 4.79 Å². The Labute approximate surface area is 150 Å². The van der Waals surface area contributed by atoms with Crippen molar-refractivity contribution in [3.8, 4) is 5.75 Å². The molecule has 0 aliphatic rings. The van der Waals surface area contributed by atoms with Gasteiger partial charge in [-0.25, -0.2) is 0 Å². The molecule has 0 atom stereocenters. The molecular weight excluding hydrogens is 312 g/mol. The van der Waals surface area contributed by atoms with Crippen molar-refractivity contribution in [2.24, 2.45) is 0 Å². The molecule has 0 aromatic heterocycles. The van der Waals surface area contributed by atoms with Gasteiger partial charge in [0, 0.05) is 26.2 Å². The van der Waals surface area contributed by atoms with Gasteiger partial charge in [0.1, 0.15) is 5.75 Å². The second-order valence-corrected chi connectivity index (χ2v) is 6.96. The molecule has 4 heteroatoms. The third-order valence-electron chi connectivity index (χ3n) is 4.36. The summed E-state index contributed by atoms with van der Waals surface area (Å²) in [6.07, 6.45) is 1.21. The Morgan fingerprint density at radius 3 is 2.16 bits per heavy atom. The van der Waals surface area contributed by atoms with E-state index in [0.29, 0.717) is 6.42 Å². The lowest BCUT2D eigenvalue weighted by Crippen LogP contribution is -2.41. The van der Waals surface area contributed by atoms with Crippen LogP contribution < -0.4 is 15.0 Å². The molecule has 0 spiro atoms. The summed E-state index contributed by atoms with van der Waals surface area (Å²) in [5.74, 6) is 0.865. The number of nitrogens with zero attached hydrogens (tertiary/aromatic N) is 1. The van der Waals surface area contributed by atoms with Crippen molar-refractivity contribution < 1.29 is 9.53 Å². The van der Waals surface area contributed by atoms with Crippen molar-refractivity contribution in [2.75, 3.05) is 26.1 Å². The highest BCUT2D eigenvalue weighted by atomic mass is 16.5. The number of hydrogen-bond acceptors (Lipinski definition) is 3. The molecule has 0 radical (unpaired) electrons. The van der Waals surface area contributed by atoms with Gasteiger partial charge in [0.2, 0.25) is 5.91 Å². The maximum absolute atomic E-state index is 12.4. The van der Waals surface area contributed by atoms with Gasteiger partial charge in [0.05, 0.1) is 12.6 Å². The van der Waals surface area contributed by atoms with Crippen molar-refractivity contribution in [3.05, 3.63) is 59.7 Å². The SMILES string of the molecule is COc1ccc(C(C)(C)NC(=O)CCc2ccc(N(C)C)cc2)cc1. The molecule has 0 saturated carbocycles. The van der Waals surface area contributed by atoms with Crippen molar-refractivity contribution >= 4 is 11.6 Å². The van der Waals surface area contributed by atoms with Crippen molar-refractivity contribution in [1.82, 2.24) is 5.32 Å². The molecule has 1 N–H and O–H groups in total. The Morgan fingerprint density at radius 2 is 1.64 bits per heavy atom. The zero-order valence-corrected chi connectivity index (χ0v) is 15.8. The second kappa shape index (κ2) is 8.06. The third-order valence-corrected chi connectivity index (χ3v) is 4.36. The number of rotatable bonds is 7. The zero-order valence-electron chi connectivity index (χ0n) is 15.8. The predicted molar refractivity (Wildman–Crippen MR) is 103 cm³/mol. The summed E-state index contributed by atoms with van der Waals surface area (Å²) >= 11 is 0. The number of hydrogen-bond donors (Lipinski definition) is 1. The van der Waals surface area contributed by atoms with E-state index in [4.69, 9.17) is 4.74 Å². The molecule has 2 aromatic rings. The maximum Gasteiger partial charge on any atom is 0.221 e. The van der Waals surface area contributed by atoms with Crippen LogP contribution in [0.15, 0.2) is 48.5 Å². The van der Waals surface area contributed by atoms with Gasteiger partial charge >= 0.3 is 0 Å². The topological polar surface area (TPSA) is 41.6 Å². The lowest BCUT2D eigenvalue weighted by atomic mass is 9.94. The van der Waals surface area contributed by atoms with Crippen LogP contribution in [0.1, 0.15) is 31.4 Å². The predicted octanol–water partition coefficient (Wildman–Crippen LogP) is 3.75. The van der Waals surface area contributed by atoms with Crippen LogP contribution in [-0.4, -0.2) is 27.1 Å². The summed E-state index contributed by atoms with van der Waals surface area (Å²) in [4.78, 5) is 14.4. The van der Waals surface area contributed by atoms with Crippen LogP contribution in [0.4, 0.5) is 5.69 Å². The highest BCUT2D eigenvalue weighted by Gasteiger charge is 2.22. The molecule has 0 bridgehead atoms. The summed E-state index contributed by atoms with van der Waals surface area (Å²) in [5.41, 5.74) is 2.96. The van der Waals surface area contributed by atoms with E-state index in [1.165, 1.54) is 5.56 Å². The van der Waals surface area contributed by atoms with Crippen LogP contribution >= 0.6 is 0 Å². The molecule has 2 aromatic carbocycles. The number of carbonyl (C=O) groups is 1. The number of amides is 1. The van der Waals surface area contributed by atoms with Crippen molar-refractivity contribution in [1.29, 1.82) is 0 Å². The molecule has 1 amide bonds. The zero-order chi connectivity index (χ0) is 18.4. The molecule has 0 fully saturated rings. The average molecular weight is 340 g/mol. The molecule has 0 heterocycles. The minimum atomic E-state index is -0.419. The summed E-state index contributed by atoms with van der Waals surface area (Å²) in [7, 11) is 5.68. The van der Waals surface area contributed by atoms with Crippen LogP contribution in [0.2, 0.25) is 0 Å². The summed E-state index contributed by atoms with van der Waals surface area (Å²) in [6.45, 7) is 4.02. The normalized spacial score (nSPS) is 11.1. The van der Waals surface area contributed by atoms with E-state index in [1.54, 1.807) is 7.11 Å². The largest absolute Gasteiger partial charge is 0.497 e. The summed E-state index contributed by atoms with van der Waals surface area (Å²) < 4.78 is 5.18.